The Hall–Kier alpha value is -1.01. The van der Waals surface area contributed by atoms with E-state index in [1.165, 1.54) is 12.3 Å². The maximum Gasteiger partial charge on any atom is 0.325 e. The smallest absolute Gasteiger partial charge is 0.325 e. The standard InChI is InChI=1S/C7H6BrFN2O2/c8-3-1-4(5(10)7(12)13)6(9)11-2-3/h1-2,5H,10H2,(H,12,13)/t5-/m1/s1. The van der Waals surface area contributed by atoms with E-state index >= 15 is 0 Å². The Balaban J connectivity index is 3.12. The summed E-state index contributed by atoms with van der Waals surface area (Å²) in [6.07, 6.45) is 1.23. The molecule has 0 aliphatic heterocycles. The predicted molar refractivity (Wildman–Crippen MR) is 46.5 cm³/mol. The quantitative estimate of drug-likeness (QED) is 0.768. The molecule has 0 spiro atoms. The first kappa shape index (κ1) is 10.1. The van der Waals surface area contributed by atoms with Crippen molar-refractivity contribution in [3.05, 3.63) is 28.2 Å². The molecule has 0 aliphatic carbocycles. The molecule has 0 radical (unpaired) electrons. The van der Waals surface area contributed by atoms with E-state index < -0.39 is 18.0 Å². The summed E-state index contributed by atoms with van der Waals surface area (Å²) in [4.78, 5) is 13.8. The molecule has 0 fully saturated rings. The molecule has 1 aromatic heterocycles. The van der Waals surface area contributed by atoms with Gasteiger partial charge in [-0.25, -0.2) is 4.98 Å². The van der Waals surface area contributed by atoms with Gasteiger partial charge in [0.15, 0.2) is 0 Å². The molecule has 0 bridgehead atoms. The molecule has 0 aromatic carbocycles. The van der Waals surface area contributed by atoms with Crippen LogP contribution < -0.4 is 5.73 Å². The summed E-state index contributed by atoms with van der Waals surface area (Å²) in [6, 6.07) is -0.0915. The monoisotopic (exact) mass is 248 g/mol. The summed E-state index contributed by atoms with van der Waals surface area (Å²) in [6.45, 7) is 0. The maximum atomic E-state index is 12.9. The van der Waals surface area contributed by atoms with E-state index in [1.54, 1.807) is 0 Å². The van der Waals surface area contributed by atoms with Gasteiger partial charge in [0.05, 0.1) is 0 Å². The van der Waals surface area contributed by atoms with Crippen molar-refractivity contribution in [2.24, 2.45) is 5.73 Å². The number of carbonyl (C=O) groups is 1. The maximum absolute atomic E-state index is 12.9. The van der Waals surface area contributed by atoms with Gasteiger partial charge in [-0.05, 0) is 22.0 Å². The molecule has 0 saturated carbocycles. The van der Waals surface area contributed by atoms with Crippen molar-refractivity contribution in [1.29, 1.82) is 0 Å². The highest BCUT2D eigenvalue weighted by atomic mass is 79.9. The van der Waals surface area contributed by atoms with Crippen molar-refractivity contribution < 1.29 is 14.3 Å². The van der Waals surface area contributed by atoms with E-state index in [1.807, 2.05) is 0 Å². The van der Waals surface area contributed by atoms with Crippen LogP contribution in [0.4, 0.5) is 4.39 Å². The first-order valence-corrected chi connectivity index (χ1v) is 4.11. The summed E-state index contributed by atoms with van der Waals surface area (Å²) >= 11 is 3.04. The van der Waals surface area contributed by atoms with Gasteiger partial charge >= 0.3 is 5.97 Å². The van der Waals surface area contributed by atoms with Crippen molar-refractivity contribution in [3.8, 4) is 0 Å². The van der Waals surface area contributed by atoms with Crippen molar-refractivity contribution in [2.45, 2.75) is 6.04 Å². The summed E-state index contributed by atoms with van der Waals surface area (Å²) in [7, 11) is 0. The molecule has 13 heavy (non-hydrogen) atoms. The lowest BCUT2D eigenvalue weighted by Crippen LogP contribution is -2.22. The second-order valence-electron chi connectivity index (χ2n) is 2.35. The third-order valence-corrected chi connectivity index (χ3v) is 1.87. The Kier molecular flexibility index (Phi) is 2.94. The van der Waals surface area contributed by atoms with Crippen LogP contribution in [0.25, 0.3) is 0 Å². The van der Waals surface area contributed by atoms with Gasteiger partial charge in [-0.15, -0.1) is 0 Å². The molecule has 1 heterocycles. The van der Waals surface area contributed by atoms with Gasteiger partial charge in [-0.3, -0.25) is 4.79 Å². The van der Waals surface area contributed by atoms with Gasteiger partial charge in [0.2, 0.25) is 5.95 Å². The largest absolute Gasteiger partial charge is 0.480 e. The minimum Gasteiger partial charge on any atom is -0.480 e. The second kappa shape index (κ2) is 3.80. The molecular weight excluding hydrogens is 243 g/mol. The van der Waals surface area contributed by atoms with Gasteiger partial charge in [-0.1, -0.05) is 0 Å². The molecule has 6 heteroatoms. The van der Waals surface area contributed by atoms with Gasteiger partial charge in [-0.2, -0.15) is 4.39 Å². The molecule has 1 rings (SSSR count). The van der Waals surface area contributed by atoms with Crippen LogP contribution in [0.2, 0.25) is 0 Å². The Bertz CT molecular complexity index is 345. The fraction of sp³-hybridized carbons (Fsp3) is 0.143. The first-order chi connectivity index (χ1) is 6.02. The molecule has 0 saturated heterocycles. The number of nitrogens with two attached hydrogens (primary N) is 1. The Morgan fingerprint density at radius 2 is 2.38 bits per heavy atom. The van der Waals surface area contributed by atoms with E-state index in [4.69, 9.17) is 10.8 Å². The van der Waals surface area contributed by atoms with Crippen LogP contribution in [0.1, 0.15) is 11.6 Å². The van der Waals surface area contributed by atoms with E-state index in [9.17, 15) is 9.18 Å². The van der Waals surface area contributed by atoms with Gasteiger partial charge in [0, 0.05) is 16.2 Å². The Labute approximate surface area is 81.7 Å². The average Bonchev–Trinajstić information content (AvgIpc) is 2.08. The highest BCUT2D eigenvalue weighted by molar-refractivity contribution is 9.10. The number of nitrogens with zero attached hydrogens (tertiary/aromatic N) is 1. The van der Waals surface area contributed by atoms with E-state index in [-0.39, 0.29) is 5.56 Å². The molecule has 3 N–H and O–H groups in total. The van der Waals surface area contributed by atoms with Gasteiger partial charge < -0.3 is 10.8 Å². The molecule has 70 valence electrons. The number of halogens is 2. The van der Waals surface area contributed by atoms with Gasteiger partial charge in [0.25, 0.3) is 0 Å². The molecule has 0 aliphatic rings. The Morgan fingerprint density at radius 1 is 1.77 bits per heavy atom. The van der Waals surface area contributed by atoms with E-state index in [0.717, 1.165) is 0 Å². The highest BCUT2D eigenvalue weighted by Gasteiger charge is 2.19. The van der Waals surface area contributed by atoms with Crippen molar-refractivity contribution in [1.82, 2.24) is 4.98 Å². The minimum atomic E-state index is -1.38. The molecule has 0 unspecified atom stereocenters. The molecule has 0 amide bonds. The summed E-state index contributed by atoms with van der Waals surface area (Å²) in [5.41, 5.74) is 5.07. The van der Waals surface area contributed by atoms with Gasteiger partial charge in [0.1, 0.15) is 6.04 Å². The zero-order chi connectivity index (χ0) is 10.0. The highest BCUT2D eigenvalue weighted by Crippen LogP contribution is 2.18. The van der Waals surface area contributed by atoms with Crippen LogP contribution in [0, 0.1) is 5.95 Å². The lowest BCUT2D eigenvalue weighted by atomic mass is 10.1. The second-order valence-corrected chi connectivity index (χ2v) is 3.27. The van der Waals surface area contributed by atoms with Crippen molar-refractivity contribution in [3.63, 3.8) is 0 Å². The third kappa shape index (κ3) is 2.22. The molecule has 1 aromatic rings. The number of carboxylic acid groups (broad SMARTS) is 1. The van der Waals surface area contributed by atoms with Crippen LogP contribution in [0.15, 0.2) is 16.7 Å². The van der Waals surface area contributed by atoms with E-state index in [2.05, 4.69) is 20.9 Å². The van der Waals surface area contributed by atoms with Crippen LogP contribution in [-0.4, -0.2) is 16.1 Å². The number of carboxylic acids is 1. The van der Waals surface area contributed by atoms with Crippen molar-refractivity contribution >= 4 is 21.9 Å². The Morgan fingerprint density at radius 3 is 2.92 bits per heavy atom. The van der Waals surface area contributed by atoms with Crippen LogP contribution in [-0.2, 0) is 4.79 Å². The number of aliphatic carboxylic acids is 1. The number of hydrogen-bond donors (Lipinski definition) is 2. The lowest BCUT2D eigenvalue weighted by molar-refractivity contribution is -0.138. The number of hydrogen-bond acceptors (Lipinski definition) is 3. The molecule has 4 nitrogen and oxygen atoms in total. The zero-order valence-corrected chi connectivity index (χ0v) is 7.95. The molecular formula is C7H6BrFN2O2. The number of pyridine rings is 1. The average molecular weight is 249 g/mol. The topological polar surface area (TPSA) is 76.2 Å². The summed E-state index contributed by atoms with van der Waals surface area (Å²) in [5.74, 6) is -2.16. The summed E-state index contributed by atoms with van der Waals surface area (Å²) in [5, 5.41) is 8.52. The minimum absolute atomic E-state index is 0.137. The number of aromatic nitrogens is 1. The zero-order valence-electron chi connectivity index (χ0n) is 6.37. The van der Waals surface area contributed by atoms with Crippen molar-refractivity contribution in [2.75, 3.05) is 0 Å². The fourth-order valence-corrected chi connectivity index (χ4v) is 1.14. The SMILES string of the molecule is N[C@@H](C(=O)O)c1cc(Br)cnc1F. The van der Waals surface area contributed by atoms with E-state index in [0.29, 0.717) is 4.47 Å². The van der Waals surface area contributed by atoms with Crippen LogP contribution in [0.5, 0.6) is 0 Å². The predicted octanol–water partition coefficient (Wildman–Crippen LogP) is 1.07. The fourth-order valence-electron chi connectivity index (χ4n) is 0.789. The third-order valence-electron chi connectivity index (χ3n) is 1.43. The molecule has 1 atom stereocenters. The normalized spacial score (nSPS) is 12.5. The summed E-state index contributed by atoms with van der Waals surface area (Å²) < 4.78 is 13.4. The van der Waals surface area contributed by atoms with Crippen LogP contribution >= 0.6 is 15.9 Å². The lowest BCUT2D eigenvalue weighted by Gasteiger charge is -2.06. The number of rotatable bonds is 2. The van der Waals surface area contributed by atoms with Crippen LogP contribution in [0.3, 0.4) is 0 Å². The first-order valence-electron chi connectivity index (χ1n) is 3.31.